The first kappa shape index (κ1) is 9.59. The van der Waals surface area contributed by atoms with Gasteiger partial charge in [0, 0.05) is 23.9 Å². The number of thiol groups is 1. The normalized spacial score (nSPS) is 11.1. The molecule has 1 aromatic heterocycles. The van der Waals surface area contributed by atoms with Crippen LogP contribution in [0.15, 0.2) is 24.4 Å². The summed E-state index contributed by atoms with van der Waals surface area (Å²) in [5.41, 5.74) is 2.11. The van der Waals surface area contributed by atoms with Crippen LogP contribution < -0.4 is 0 Å². The van der Waals surface area contributed by atoms with Crippen LogP contribution in [0.1, 0.15) is 12.5 Å². The SMILES string of the molecule is CCn1cc(CS)c2ccc(F)cc21. The van der Waals surface area contributed by atoms with Gasteiger partial charge in [-0.25, -0.2) is 4.39 Å². The van der Waals surface area contributed by atoms with Crippen LogP contribution >= 0.6 is 12.6 Å². The van der Waals surface area contributed by atoms with Gasteiger partial charge in [0.05, 0.1) is 5.52 Å². The molecule has 0 N–H and O–H groups in total. The molecular formula is C11H12FNS. The number of hydrogen-bond donors (Lipinski definition) is 1. The van der Waals surface area contributed by atoms with Crippen LogP contribution in [0.2, 0.25) is 0 Å². The van der Waals surface area contributed by atoms with Gasteiger partial charge in [0.2, 0.25) is 0 Å². The molecule has 0 fully saturated rings. The summed E-state index contributed by atoms with van der Waals surface area (Å²) in [6, 6.07) is 4.89. The van der Waals surface area contributed by atoms with Crippen LogP contribution in [0.25, 0.3) is 10.9 Å². The van der Waals surface area contributed by atoms with E-state index in [1.807, 2.05) is 23.8 Å². The van der Waals surface area contributed by atoms with Crippen LogP contribution in [-0.4, -0.2) is 4.57 Å². The van der Waals surface area contributed by atoms with Gasteiger partial charge < -0.3 is 4.57 Å². The molecule has 0 radical (unpaired) electrons. The highest BCUT2D eigenvalue weighted by Crippen LogP contribution is 2.23. The largest absolute Gasteiger partial charge is 0.347 e. The third-order valence-corrected chi connectivity index (χ3v) is 2.78. The number of fused-ring (bicyclic) bond motifs is 1. The average Bonchev–Trinajstić information content (AvgIpc) is 2.55. The maximum atomic E-state index is 13.0. The molecule has 2 aromatic rings. The van der Waals surface area contributed by atoms with Gasteiger partial charge in [-0.1, -0.05) is 0 Å². The predicted octanol–water partition coefficient (Wildman–Crippen LogP) is 3.23. The van der Waals surface area contributed by atoms with Crippen molar-refractivity contribution in [1.82, 2.24) is 4.57 Å². The number of nitrogens with zero attached hydrogens (tertiary/aromatic N) is 1. The second kappa shape index (κ2) is 3.65. The molecule has 1 aromatic carbocycles. The van der Waals surface area contributed by atoms with E-state index in [-0.39, 0.29) is 5.82 Å². The van der Waals surface area contributed by atoms with Crippen molar-refractivity contribution in [3.05, 3.63) is 35.8 Å². The molecular weight excluding hydrogens is 197 g/mol. The molecule has 14 heavy (non-hydrogen) atoms. The number of aryl methyl sites for hydroxylation is 1. The topological polar surface area (TPSA) is 4.93 Å². The summed E-state index contributed by atoms with van der Waals surface area (Å²) >= 11 is 4.26. The Hall–Kier alpha value is -0.960. The van der Waals surface area contributed by atoms with E-state index in [9.17, 15) is 4.39 Å². The monoisotopic (exact) mass is 209 g/mol. The van der Waals surface area contributed by atoms with E-state index in [4.69, 9.17) is 0 Å². The Labute approximate surface area is 87.9 Å². The summed E-state index contributed by atoms with van der Waals surface area (Å²) in [5, 5.41) is 1.10. The molecule has 0 aliphatic heterocycles. The van der Waals surface area contributed by atoms with Crippen LogP contribution in [0, 0.1) is 5.82 Å². The summed E-state index contributed by atoms with van der Waals surface area (Å²) in [5.74, 6) is 0.505. The van der Waals surface area contributed by atoms with Crippen LogP contribution in [0.5, 0.6) is 0 Å². The van der Waals surface area contributed by atoms with E-state index in [2.05, 4.69) is 12.6 Å². The van der Waals surface area contributed by atoms with Crippen molar-refractivity contribution in [2.24, 2.45) is 0 Å². The van der Waals surface area contributed by atoms with Crippen LogP contribution in [0.4, 0.5) is 4.39 Å². The van der Waals surface area contributed by atoms with Gasteiger partial charge >= 0.3 is 0 Å². The van der Waals surface area contributed by atoms with Crippen molar-refractivity contribution < 1.29 is 4.39 Å². The van der Waals surface area contributed by atoms with E-state index >= 15 is 0 Å². The highest BCUT2D eigenvalue weighted by molar-refractivity contribution is 7.79. The Morgan fingerprint density at radius 3 is 2.86 bits per heavy atom. The summed E-state index contributed by atoms with van der Waals surface area (Å²) in [6.07, 6.45) is 2.04. The highest BCUT2D eigenvalue weighted by atomic mass is 32.1. The molecule has 0 aliphatic carbocycles. The van der Waals surface area contributed by atoms with Crippen LogP contribution in [-0.2, 0) is 12.3 Å². The van der Waals surface area contributed by atoms with Gasteiger partial charge in [-0.05, 0) is 30.7 Å². The first-order chi connectivity index (χ1) is 6.76. The van der Waals surface area contributed by atoms with E-state index < -0.39 is 0 Å². The average molecular weight is 209 g/mol. The number of rotatable bonds is 2. The van der Waals surface area contributed by atoms with E-state index in [1.165, 1.54) is 6.07 Å². The molecule has 0 saturated heterocycles. The molecule has 74 valence electrons. The Morgan fingerprint density at radius 2 is 2.21 bits per heavy atom. The lowest BCUT2D eigenvalue weighted by Gasteiger charge is -1.99. The summed E-state index contributed by atoms with van der Waals surface area (Å²) < 4.78 is 15.1. The molecule has 2 rings (SSSR count). The molecule has 0 spiro atoms. The van der Waals surface area contributed by atoms with Gasteiger partial charge in [-0.3, -0.25) is 0 Å². The van der Waals surface area contributed by atoms with Crippen molar-refractivity contribution in [3.63, 3.8) is 0 Å². The van der Waals surface area contributed by atoms with Crippen molar-refractivity contribution in [2.75, 3.05) is 0 Å². The maximum Gasteiger partial charge on any atom is 0.125 e. The van der Waals surface area contributed by atoms with E-state index in [0.717, 1.165) is 23.0 Å². The van der Waals surface area contributed by atoms with E-state index in [1.54, 1.807) is 6.07 Å². The lowest BCUT2D eigenvalue weighted by molar-refractivity contribution is 0.628. The number of halogens is 1. The smallest absolute Gasteiger partial charge is 0.125 e. The zero-order valence-electron chi connectivity index (χ0n) is 8.00. The van der Waals surface area contributed by atoms with Gasteiger partial charge in [0.15, 0.2) is 0 Å². The molecule has 1 heterocycles. The van der Waals surface area contributed by atoms with Gasteiger partial charge in [0.1, 0.15) is 5.82 Å². The fraction of sp³-hybridized carbons (Fsp3) is 0.273. The Morgan fingerprint density at radius 1 is 1.43 bits per heavy atom. The zero-order chi connectivity index (χ0) is 10.1. The molecule has 0 saturated carbocycles. The Kier molecular flexibility index (Phi) is 2.50. The second-order valence-electron chi connectivity index (χ2n) is 3.26. The fourth-order valence-electron chi connectivity index (χ4n) is 1.73. The predicted molar refractivity (Wildman–Crippen MR) is 60.3 cm³/mol. The minimum absolute atomic E-state index is 0.184. The second-order valence-corrected chi connectivity index (χ2v) is 3.58. The standard InChI is InChI=1S/C11H12FNS/c1-2-13-6-8(7-14)10-4-3-9(12)5-11(10)13/h3-6,14H,2,7H2,1H3. The van der Waals surface area contributed by atoms with Gasteiger partial charge in [0.25, 0.3) is 0 Å². The lowest BCUT2D eigenvalue weighted by Crippen LogP contribution is -1.90. The quantitative estimate of drug-likeness (QED) is 0.725. The molecule has 0 unspecified atom stereocenters. The Bertz CT molecular complexity index is 462. The van der Waals surface area contributed by atoms with E-state index in [0.29, 0.717) is 5.75 Å². The molecule has 0 amide bonds. The maximum absolute atomic E-state index is 13.0. The molecule has 3 heteroatoms. The van der Waals surface area contributed by atoms with Gasteiger partial charge in [-0.15, -0.1) is 0 Å². The zero-order valence-corrected chi connectivity index (χ0v) is 8.89. The van der Waals surface area contributed by atoms with Crippen molar-refractivity contribution in [1.29, 1.82) is 0 Å². The van der Waals surface area contributed by atoms with Gasteiger partial charge in [-0.2, -0.15) is 12.6 Å². The first-order valence-corrected chi connectivity index (χ1v) is 5.27. The van der Waals surface area contributed by atoms with Crippen molar-refractivity contribution >= 4 is 23.5 Å². The lowest BCUT2D eigenvalue weighted by atomic mass is 10.2. The minimum Gasteiger partial charge on any atom is -0.347 e. The fourth-order valence-corrected chi connectivity index (χ4v) is 1.98. The number of hydrogen-bond acceptors (Lipinski definition) is 1. The first-order valence-electron chi connectivity index (χ1n) is 4.64. The molecule has 1 nitrogen and oxygen atoms in total. The Balaban J connectivity index is 2.75. The molecule has 0 atom stereocenters. The highest BCUT2D eigenvalue weighted by Gasteiger charge is 2.06. The summed E-state index contributed by atoms with van der Waals surface area (Å²) in [6.45, 7) is 2.90. The van der Waals surface area contributed by atoms with Crippen LogP contribution in [0.3, 0.4) is 0 Å². The molecule has 0 bridgehead atoms. The summed E-state index contributed by atoms with van der Waals surface area (Å²) in [7, 11) is 0. The molecule has 0 aliphatic rings. The number of aromatic nitrogens is 1. The number of benzene rings is 1. The summed E-state index contributed by atoms with van der Waals surface area (Å²) in [4.78, 5) is 0. The van der Waals surface area contributed by atoms with Crippen molar-refractivity contribution in [2.45, 2.75) is 19.2 Å². The van der Waals surface area contributed by atoms with Crippen molar-refractivity contribution in [3.8, 4) is 0 Å². The minimum atomic E-state index is -0.184. The third-order valence-electron chi connectivity index (χ3n) is 2.44. The third kappa shape index (κ3) is 1.42.